The Balaban J connectivity index is 1.91. The predicted octanol–water partition coefficient (Wildman–Crippen LogP) is 3.83. The molecule has 7 heteroatoms. The number of carbonyl (C=O) groups excluding carboxylic acids is 1. The first-order valence-corrected chi connectivity index (χ1v) is 8.19. The third-order valence-electron chi connectivity index (χ3n) is 4.07. The number of nitrogens with zero attached hydrogens (tertiary/aromatic N) is 1. The van der Waals surface area contributed by atoms with Gasteiger partial charge in [-0.2, -0.15) is 0 Å². The van der Waals surface area contributed by atoms with Gasteiger partial charge in [0.25, 0.3) is 0 Å². The van der Waals surface area contributed by atoms with Crippen molar-refractivity contribution in [2.75, 3.05) is 0 Å². The smallest absolute Gasteiger partial charge is 0.207 e. The summed E-state index contributed by atoms with van der Waals surface area (Å²) in [4.78, 5) is 13.6. The van der Waals surface area contributed by atoms with E-state index in [4.69, 9.17) is 35.4 Å². The molecule has 4 nitrogen and oxygen atoms in total. The number of nitrogens with one attached hydrogen (secondary N) is 2. The van der Waals surface area contributed by atoms with Crippen molar-refractivity contribution in [3.8, 4) is 0 Å². The van der Waals surface area contributed by atoms with Crippen molar-refractivity contribution in [2.45, 2.75) is 31.8 Å². The van der Waals surface area contributed by atoms with Gasteiger partial charge in [0.05, 0.1) is 22.3 Å². The lowest BCUT2D eigenvalue weighted by Crippen LogP contribution is -2.22. The van der Waals surface area contributed by atoms with Crippen molar-refractivity contribution < 1.29 is 4.79 Å². The number of halogens is 2. The maximum atomic E-state index is 10.5. The Morgan fingerprint density at radius 1 is 1.36 bits per heavy atom. The molecule has 0 saturated carbocycles. The molecule has 0 radical (unpaired) electrons. The Hall–Kier alpha value is -1.30. The normalized spacial score (nSPS) is 17.1. The molecule has 1 aliphatic rings. The van der Waals surface area contributed by atoms with Crippen LogP contribution in [0.3, 0.4) is 0 Å². The number of carbonyl (C=O) groups is 1. The van der Waals surface area contributed by atoms with Gasteiger partial charge in [-0.15, -0.1) is 0 Å². The molecule has 1 heterocycles. The standard InChI is InChI=1S/C15H15Cl2N3OS/c16-13-4-9-1-2-11(3-10(9)5-14(13)17)20-12(6-18-8-21)7-19-15(20)22/h4-5,7-8,11H,1-3,6H2,(H,18,21)(H,19,22). The van der Waals surface area contributed by atoms with Gasteiger partial charge in [-0.3, -0.25) is 4.79 Å². The second kappa shape index (κ2) is 6.44. The summed E-state index contributed by atoms with van der Waals surface area (Å²) in [6.45, 7) is 0.460. The fourth-order valence-corrected chi connectivity index (χ4v) is 3.75. The second-order valence-electron chi connectivity index (χ2n) is 5.39. The molecule has 2 N–H and O–H groups in total. The molecule has 0 bridgehead atoms. The molecule has 1 unspecified atom stereocenters. The molecule has 1 aromatic heterocycles. The zero-order chi connectivity index (χ0) is 15.7. The van der Waals surface area contributed by atoms with E-state index in [1.807, 2.05) is 18.3 Å². The predicted molar refractivity (Wildman–Crippen MR) is 90.0 cm³/mol. The molecule has 1 aromatic carbocycles. The van der Waals surface area contributed by atoms with E-state index in [1.54, 1.807) is 0 Å². The summed E-state index contributed by atoms with van der Waals surface area (Å²) in [5.74, 6) is 0. The van der Waals surface area contributed by atoms with Gasteiger partial charge in [0, 0.05) is 12.2 Å². The molecule has 1 aliphatic carbocycles. The third-order valence-corrected chi connectivity index (χ3v) is 5.10. The monoisotopic (exact) mass is 355 g/mol. The van der Waals surface area contributed by atoms with Gasteiger partial charge in [-0.05, 0) is 54.7 Å². The number of fused-ring (bicyclic) bond motifs is 1. The number of aromatic amines is 1. The first-order valence-electron chi connectivity index (χ1n) is 7.02. The van der Waals surface area contributed by atoms with Crippen LogP contribution in [0.2, 0.25) is 10.0 Å². The lowest BCUT2D eigenvalue weighted by molar-refractivity contribution is -0.109. The zero-order valence-corrected chi connectivity index (χ0v) is 14.1. The first kappa shape index (κ1) is 15.6. The lowest BCUT2D eigenvalue weighted by Gasteiger charge is -2.27. The Labute approximate surface area is 143 Å². The van der Waals surface area contributed by atoms with E-state index >= 15 is 0 Å². The van der Waals surface area contributed by atoms with Crippen LogP contribution >= 0.6 is 35.4 Å². The molecule has 22 heavy (non-hydrogen) atoms. The van der Waals surface area contributed by atoms with E-state index in [0.29, 0.717) is 27.8 Å². The summed E-state index contributed by atoms with van der Waals surface area (Å²) in [5.41, 5.74) is 3.44. The Kier molecular flexibility index (Phi) is 4.57. The van der Waals surface area contributed by atoms with Crippen LogP contribution in [0.1, 0.15) is 29.3 Å². The van der Waals surface area contributed by atoms with Crippen LogP contribution in [-0.4, -0.2) is 16.0 Å². The van der Waals surface area contributed by atoms with Crippen LogP contribution in [0.25, 0.3) is 0 Å². The van der Waals surface area contributed by atoms with E-state index in [2.05, 4.69) is 14.9 Å². The third kappa shape index (κ3) is 2.93. The fraction of sp³-hybridized carbons (Fsp3) is 0.333. The van der Waals surface area contributed by atoms with Gasteiger partial charge in [0.1, 0.15) is 0 Å². The highest BCUT2D eigenvalue weighted by Gasteiger charge is 2.23. The average molecular weight is 356 g/mol. The van der Waals surface area contributed by atoms with Gasteiger partial charge in [0.15, 0.2) is 4.77 Å². The van der Waals surface area contributed by atoms with Gasteiger partial charge in [-0.25, -0.2) is 0 Å². The van der Waals surface area contributed by atoms with Crippen molar-refractivity contribution >= 4 is 41.8 Å². The number of benzene rings is 1. The van der Waals surface area contributed by atoms with E-state index in [0.717, 1.165) is 25.0 Å². The minimum atomic E-state index is 0.256. The van der Waals surface area contributed by atoms with Gasteiger partial charge >= 0.3 is 0 Å². The van der Waals surface area contributed by atoms with Crippen LogP contribution in [0, 0.1) is 4.77 Å². The van der Waals surface area contributed by atoms with Crippen LogP contribution in [0.5, 0.6) is 0 Å². The van der Waals surface area contributed by atoms with Crippen molar-refractivity contribution in [1.82, 2.24) is 14.9 Å². The van der Waals surface area contributed by atoms with E-state index in [9.17, 15) is 4.79 Å². The van der Waals surface area contributed by atoms with Gasteiger partial charge in [0.2, 0.25) is 6.41 Å². The number of aryl methyl sites for hydroxylation is 1. The average Bonchev–Trinajstić information content (AvgIpc) is 2.87. The fourth-order valence-electron chi connectivity index (χ4n) is 3.05. The number of hydrogen-bond acceptors (Lipinski definition) is 2. The van der Waals surface area contributed by atoms with E-state index in [1.165, 1.54) is 11.1 Å². The molecule has 3 rings (SSSR count). The van der Waals surface area contributed by atoms with Crippen LogP contribution < -0.4 is 5.32 Å². The quantitative estimate of drug-likeness (QED) is 0.646. The van der Waals surface area contributed by atoms with E-state index < -0.39 is 0 Å². The zero-order valence-electron chi connectivity index (χ0n) is 11.7. The molecule has 1 amide bonds. The first-order chi connectivity index (χ1) is 10.6. The second-order valence-corrected chi connectivity index (χ2v) is 6.59. The topological polar surface area (TPSA) is 49.8 Å². The highest BCUT2D eigenvalue weighted by atomic mass is 35.5. The molecule has 116 valence electrons. The Bertz CT molecular complexity index is 769. The largest absolute Gasteiger partial charge is 0.353 e. The number of hydrogen-bond donors (Lipinski definition) is 2. The van der Waals surface area contributed by atoms with Crippen LogP contribution in [-0.2, 0) is 24.2 Å². The van der Waals surface area contributed by atoms with Crippen LogP contribution in [0.15, 0.2) is 18.3 Å². The summed E-state index contributed by atoms with van der Waals surface area (Å²) >= 11 is 17.6. The van der Waals surface area contributed by atoms with Crippen molar-refractivity contribution in [1.29, 1.82) is 0 Å². The lowest BCUT2D eigenvalue weighted by atomic mass is 9.88. The molecular weight excluding hydrogens is 341 g/mol. The van der Waals surface area contributed by atoms with Crippen molar-refractivity contribution in [2.24, 2.45) is 0 Å². The number of rotatable bonds is 4. The summed E-state index contributed by atoms with van der Waals surface area (Å²) in [7, 11) is 0. The summed E-state index contributed by atoms with van der Waals surface area (Å²) in [6.07, 6.45) is 5.31. The minimum absolute atomic E-state index is 0.256. The molecule has 0 fully saturated rings. The summed E-state index contributed by atoms with van der Waals surface area (Å²) in [5, 5.41) is 3.88. The number of aromatic nitrogens is 2. The minimum Gasteiger partial charge on any atom is -0.353 e. The Morgan fingerprint density at radius 3 is 2.82 bits per heavy atom. The Morgan fingerprint density at radius 2 is 2.09 bits per heavy atom. The maximum Gasteiger partial charge on any atom is 0.207 e. The number of imidazole rings is 1. The van der Waals surface area contributed by atoms with Crippen molar-refractivity contribution in [3.63, 3.8) is 0 Å². The molecule has 0 spiro atoms. The number of H-pyrrole nitrogens is 1. The van der Waals surface area contributed by atoms with Crippen molar-refractivity contribution in [3.05, 3.63) is 50.0 Å². The summed E-state index contributed by atoms with van der Waals surface area (Å²) < 4.78 is 2.77. The van der Waals surface area contributed by atoms with Gasteiger partial charge < -0.3 is 14.9 Å². The molecule has 0 saturated heterocycles. The summed E-state index contributed by atoms with van der Waals surface area (Å²) in [6, 6.07) is 4.16. The molecular formula is C15H15Cl2N3OS. The highest BCUT2D eigenvalue weighted by Crippen LogP contribution is 2.34. The SMILES string of the molecule is O=CNCc1c[nH]c(=S)n1C1CCc2cc(Cl)c(Cl)cc2C1. The molecule has 1 atom stereocenters. The molecule has 2 aromatic rings. The van der Waals surface area contributed by atoms with Crippen LogP contribution in [0.4, 0.5) is 0 Å². The van der Waals surface area contributed by atoms with E-state index in [-0.39, 0.29) is 6.04 Å². The molecule has 0 aliphatic heterocycles. The number of amides is 1. The van der Waals surface area contributed by atoms with Gasteiger partial charge in [-0.1, -0.05) is 23.2 Å². The highest BCUT2D eigenvalue weighted by molar-refractivity contribution is 7.71. The maximum absolute atomic E-state index is 10.5.